The Kier molecular flexibility index (Phi) is 2.92. The maximum atomic E-state index is 10.9. The molecule has 0 aliphatic heterocycles. The number of furan rings is 1. The molecule has 84 valence electrons. The van der Waals surface area contributed by atoms with Crippen LogP contribution in [0.1, 0.15) is 12.5 Å². The average Bonchev–Trinajstić information content (AvgIpc) is 2.63. The number of rotatable bonds is 3. The SMILES string of the molecule is CC(=O)Oc1cccc2c(CCO)coc12. The number of hydrogen-bond donors (Lipinski definition) is 1. The third kappa shape index (κ3) is 1.92. The van der Waals surface area contributed by atoms with Crippen LogP contribution < -0.4 is 4.74 Å². The van der Waals surface area contributed by atoms with E-state index in [0.717, 1.165) is 10.9 Å². The largest absolute Gasteiger partial charge is 0.460 e. The summed E-state index contributed by atoms with van der Waals surface area (Å²) in [5.41, 5.74) is 1.45. The molecule has 1 aromatic carbocycles. The molecule has 0 bridgehead atoms. The first-order valence-electron chi connectivity index (χ1n) is 5.00. The molecule has 0 atom stereocenters. The third-order valence-corrected chi connectivity index (χ3v) is 2.28. The number of aliphatic hydroxyl groups is 1. The second-order valence-electron chi connectivity index (χ2n) is 3.46. The normalized spacial score (nSPS) is 10.6. The fourth-order valence-corrected chi connectivity index (χ4v) is 1.63. The number of hydrogen-bond acceptors (Lipinski definition) is 4. The van der Waals surface area contributed by atoms with E-state index >= 15 is 0 Å². The van der Waals surface area contributed by atoms with Gasteiger partial charge in [0.2, 0.25) is 0 Å². The summed E-state index contributed by atoms with van der Waals surface area (Å²) in [6.07, 6.45) is 2.10. The van der Waals surface area contributed by atoms with E-state index in [1.54, 1.807) is 18.4 Å². The maximum absolute atomic E-state index is 10.9. The van der Waals surface area contributed by atoms with Crippen LogP contribution in [0, 0.1) is 0 Å². The minimum Gasteiger partial charge on any atom is -0.460 e. The van der Waals surface area contributed by atoms with Gasteiger partial charge in [-0.25, -0.2) is 0 Å². The van der Waals surface area contributed by atoms with Gasteiger partial charge < -0.3 is 14.3 Å². The number of esters is 1. The zero-order valence-corrected chi connectivity index (χ0v) is 8.90. The van der Waals surface area contributed by atoms with Crippen molar-refractivity contribution in [2.45, 2.75) is 13.3 Å². The molecule has 0 fully saturated rings. The number of carbonyl (C=O) groups excluding carboxylic acids is 1. The minimum absolute atomic E-state index is 0.0619. The van der Waals surface area contributed by atoms with Crippen molar-refractivity contribution >= 4 is 16.9 Å². The topological polar surface area (TPSA) is 59.7 Å². The van der Waals surface area contributed by atoms with Crippen molar-refractivity contribution in [3.63, 3.8) is 0 Å². The maximum Gasteiger partial charge on any atom is 0.308 e. The Balaban J connectivity index is 2.48. The summed E-state index contributed by atoms with van der Waals surface area (Å²) in [7, 11) is 0. The summed E-state index contributed by atoms with van der Waals surface area (Å²) >= 11 is 0. The Morgan fingerprint density at radius 1 is 1.50 bits per heavy atom. The van der Waals surface area contributed by atoms with Crippen molar-refractivity contribution < 1.29 is 19.1 Å². The number of benzene rings is 1. The monoisotopic (exact) mass is 220 g/mol. The summed E-state index contributed by atoms with van der Waals surface area (Å²) in [4.78, 5) is 10.9. The van der Waals surface area contributed by atoms with Gasteiger partial charge in [0.1, 0.15) is 0 Å². The number of fused-ring (bicyclic) bond motifs is 1. The minimum atomic E-state index is -0.382. The molecular weight excluding hydrogens is 208 g/mol. The highest BCUT2D eigenvalue weighted by Gasteiger charge is 2.11. The molecule has 0 aliphatic carbocycles. The molecule has 1 N–H and O–H groups in total. The first-order chi connectivity index (χ1) is 7.72. The van der Waals surface area contributed by atoms with E-state index < -0.39 is 0 Å². The summed E-state index contributed by atoms with van der Waals surface area (Å²) in [5.74, 6) is 0.0294. The van der Waals surface area contributed by atoms with Crippen LogP contribution in [0.4, 0.5) is 0 Å². The lowest BCUT2D eigenvalue weighted by atomic mass is 10.1. The molecular formula is C12H12O4. The molecule has 4 nitrogen and oxygen atoms in total. The van der Waals surface area contributed by atoms with Gasteiger partial charge in [0.15, 0.2) is 11.3 Å². The molecule has 0 aliphatic rings. The lowest BCUT2D eigenvalue weighted by Crippen LogP contribution is -2.01. The van der Waals surface area contributed by atoms with E-state index in [9.17, 15) is 4.79 Å². The third-order valence-electron chi connectivity index (χ3n) is 2.28. The lowest BCUT2D eigenvalue weighted by molar-refractivity contribution is -0.131. The molecule has 0 spiro atoms. The molecule has 0 unspecified atom stereocenters. The Morgan fingerprint density at radius 3 is 3.00 bits per heavy atom. The molecule has 4 heteroatoms. The van der Waals surface area contributed by atoms with Gasteiger partial charge in [-0.3, -0.25) is 4.79 Å². The summed E-state index contributed by atoms with van der Waals surface area (Å²) in [5, 5.41) is 9.75. The van der Waals surface area contributed by atoms with Crippen LogP contribution in [-0.2, 0) is 11.2 Å². The number of aliphatic hydroxyl groups excluding tert-OH is 1. The smallest absolute Gasteiger partial charge is 0.308 e. The first kappa shape index (κ1) is 10.7. The summed E-state index contributed by atoms with van der Waals surface area (Å²) in [6, 6.07) is 5.34. The van der Waals surface area contributed by atoms with Crippen LogP contribution in [0.15, 0.2) is 28.9 Å². The predicted molar refractivity (Wildman–Crippen MR) is 58.3 cm³/mol. The Labute approximate surface area is 92.4 Å². The van der Waals surface area contributed by atoms with E-state index in [4.69, 9.17) is 14.3 Å². The fraction of sp³-hybridized carbons (Fsp3) is 0.250. The molecule has 0 saturated heterocycles. The van der Waals surface area contributed by atoms with Gasteiger partial charge in [0.05, 0.1) is 6.26 Å². The van der Waals surface area contributed by atoms with Crippen molar-refractivity contribution in [3.8, 4) is 5.75 Å². The standard InChI is InChI=1S/C12H12O4/c1-8(14)16-11-4-2-3-10-9(5-6-13)7-15-12(10)11/h2-4,7,13H,5-6H2,1H3. The van der Waals surface area contributed by atoms with Gasteiger partial charge in [-0.2, -0.15) is 0 Å². The highest BCUT2D eigenvalue weighted by atomic mass is 16.5. The van der Waals surface area contributed by atoms with E-state index in [1.165, 1.54) is 6.92 Å². The lowest BCUT2D eigenvalue weighted by Gasteiger charge is -2.01. The number of carbonyl (C=O) groups is 1. The predicted octanol–water partition coefficient (Wildman–Crippen LogP) is 1.89. The van der Waals surface area contributed by atoms with Crippen LogP contribution in [0.5, 0.6) is 5.75 Å². The van der Waals surface area contributed by atoms with Crippen molar-refractivity contribution in [2.75, 3.05) is 6.61 Å². The van der Waals surface area contributed by atoms with E-state index in [1.807, 2.05) is 6.07 Å². The van der Waals surface area contributed by atoms with Gasteiger partial charge >= 0.3 is 5.97 Å². The van der Waals surface area contributed by atoms with Gasteiger partial charge in [0, 0.05) is 24.5 Å². The van der Waals surface area contributed by atoms with Crippen molar-refractivity contribution in [1.29, 1.82) is 0 Å². The highest BCUT2D eigenvalue weighted by molar-refractivity contribution is 5.88. The Hall–Kier alpha value is -1.81. The van der Waals surface area contributed by atoms with Crippen LogP contribution in [-0.4, -0.2) is 17.7 Å². The van der Waals surface area contributed by atoms with Gasteiger partial charge in [-0.05, 0) is 12.5 Å². The van der Waals surface area contributed by atoms with Gasteiger partial charge in [-0.15, -0.1) is 0 Å². The molecule has 0 amide bonds. The molecule has 0 radical (unpaired) electrons. The summed E-state index contributed by atoms with van der Waals surface area (Å²) in [6.45, 7) is 1.41. The molecule has 16 heavy (non-hydrogen) atoms. The van der Waals surface area contributed by atoms with Crippen LogP contribution >= 0.6 is 0 Å². The summed E-state index contributed by atoms with van der Waals surface area (Å²) < 4.78 is 10.4. The van der Waals surface area contributed by atoms with E-state index in [2.05, 4.69) is 0 Å². The number of ether oxygens (including phenoxy) is 1. The second-order valence-corrected chi connectivity index (χ2v) is 3.46. The van der Waals surface area contributed by atoms with Gasteiger partial charge in [-0.1, -0.05) is 12.1 Å². The fourth-order valence-electron chi connectivity index (χ4n) is 1.63. The zero-order valence-electron chi connectivity index (χ0n) is 8.90. The average molecular weight is 220 g/mol. The number of para-hydroxylation sites is 1. The van der Waals surface area contributed by atoms with Crippen molar-refractivity contribution in [3.05, 3.63) is 30.0 Å². The molecule has 1 heterocycles. The van der Waals surface area contributed by atoms with Crippen LogP contribution in [0.2, 0.25) is 0 Å². The van der Waals surface area contributed by atoms with Crippen molar-refractivity contribution in [2.24, 2.45) is 0 Å². The zero-order chi connectivity index (χ0) is 11.5. The Bertz CT molecular complexity index is 513. The Morgan fingerprint density at radius 2 is 2.31 bits per heavy atom. The second kappa shape index (κ2) is 4.37. The molecule has 0 saturated carbocycles. The van der Waals surface area contributed by atoms with E-state index in [0.29, 0.717) is 17.8 Å². The quantitative estimate of drug-likeness (QED) is 0.634. The first-order valence-corrected chi connectivity index (χ1v) is 5.00. The van der Waals surface area contributed by atoms with Gasteiger partial charge in [0.25, 0.3) is 0 Å². The van der Waals surface area contributed by atoms with Crippen LogP contribution in [0.25, 0.3) is 11.0 Å². The highest BCUT2D eigenvalue weighted by Crippen LogP contribution is 2.29. The van der Waals surface area contributed by atoms with E-state index in [-0.39, 0.29) is 12.6 Å². The molecule has 2 aromatic rings. The molecule has 1 aromatic heterocycles. The molecule has 2 rings (SSSR count). The van der Waals surface area contributed by atoms with Crippen molar-refractivity contribution in [1.82, 2.24) is 0 Å². The van der Waals surface area contributed by atoms with Crippen LogP contribution in [0.3, 0.4) is 0 Å².